The Morgan fingerprint density at radius 1 is 0.806 bits per heavy atom. The molecule has 1 amide bonds. The molecule has 0 aromatic heterocycles. The lowest BCUT2D eigenvalue weighted by molar-refractivity contribution is -0.149. The first-order valence-corrected chi connectivity index (χ1v) is 9.83. The van der Waals surface area contributed by atoms with Crippen LogP contribution in [0.3, 0.4) is 0 Å². The van der Waals surface area contributed by atoms with Gasteiger partial charge >= 0.3 is 5.97 Å². The van der Waals surface area contributed by atoms with Crippen molar-refractivity contribution < 1.29 is 23.9 Å². The van der Waals surface area contributed by atoms with Gasteiger partial charge in [-0.1, -0.05) is 60.7 Å². The molecular formula is C25H23NO5. The van der Waals surface area contributed by atoms with E-state index in [0.717, 1.165) is 11.1 Å². The second-order valence-corrected chi connectivity index (χ2v) is 6.87. The Morgan fingerprint density at radius 2 is 1.48 bits per heavy atom. The average Bonchev–Trinajstić information content (AvgIpc) is 2.78. The number of anilines is 1. The summed E-state index contributed by atoms with van der Waals surface area (Å²) in [6.45, 7) is 0.626. The standard InChI is InChI=1S/C25H23NO5/c1-18(27)21-12-6-7-13-22(21)26-24(28)16-31-25(29)17-30-23-14-8-5-11-20(23)15-19-9-3-2-4-10-19/h2-14H,15-17H2,1H3,(H,26,28). The number of Topliss-reactive ketones (excluding diaryl/α,β-unsaturated/α-hetero) is 1. The highest BCUT2D eigenvalue weighted by atomic mass is 16.6. The largest absolute Gasteiger partial charge is 0.482 e. The van der Waals surface area contributed by atoms with Crippen LogP contribution in [0.1, 0.15) is 28.4 Å². The maximum absolute atomic E-state index is 12.1. The van der Waals surface area contributed by atoms with Gasteiger partial charge in [0.25, 0.3) is 5.91 Å². The first-order valence-electron chi connectivity index (χ1n) is 9.83. The SMILES string of the molecule is CC(=O)c1ccccc1NC(=O)COC(=O)COc1ccccc1Cc1ccccc1. The third kappa shape index (κ3) is 6.54. The van der Waals surface area contributed by atoms with E-state index in [0.29, 0.717) is 23.4 Å². The van der Waals surface area contributed by atoms with E-state index < -0.39 is 18.5 Å². The van der Waals surface area contributed by atoms with Gasteiger partial charge < -0.3 is 14.8 Å². The molecule has 0 unspecified atom stereocenters. The van der Waals surface area contributed by atoms with Crippen LogP contribution in [0.15, 0.2) is 78.9 Å². The van der Waals surface area contributed by atoms with Gasteiger partial charge in [0.1, 0.15) is 5.75 Å². The van der Waals surface area contributed by atoms with Gasteiger partial charge in [0, 0.05) is 12.0 Å². The van der Waals surface area contributed by atoms with Crippen molar-refractivity contribution in [3.8, 4) is 5.75 Å². The van der Waals surface area contributed by atoms with Crippen LogP contribution in [0.5, 0.6) is 5.75 Å². The average molecular weight is 417 g/mol. The minimum Gasteiger partial charge on any atom is -0.482 e. The van der Waals surface area contributed by atoms with E-state index in [-0.39, 0.29) is 12.4 Å². The van der Waals surface area contributed by atoms with Gasteiger partial charge in [-0.05, 0) is 36.2 Å². The number of amides is 1. The van der Waals surface area contributed by atoms with Crippen molar-refractivity contribution in [2.75, 3.05) is 18.5 Å². The number of ketones is 1. The molecule has 31 heavy (non-hydrogen) atoms. The third-order valence-corrected chi connectivity index (χ3v) is 4.50. The summed E-state index contributed by atoms with van der Waals surface area (Å²) in [6.07, 6.45) is 0.671. The second-order valence-electron chi connectivity index (χ2n) is 6.87. The van der Waals surface area contributed by atoms with E-state index in [1.165, 1.54) is 6.92 Å². The predicted molar refractivity (Wildman–Crippen MR) is 117 cm³/mol. The molecule has 0 aliphatic carbocycles. The quantitative estimate of drug-likeness (QED) is 0.420. The predicted octanol–water partition coefficient (Wildman–Crippen LogP) is 4.04. The van der Waals surface area contributed by atoms with Crippen LogP contribution in [0.4, 0.5) is 5.69 Å². The van der Waals surface area contributed by atoms with E-state index in [1.807, 2.05) is 48.5 Å². The molecule has 0 atom stereocenters. The number of para-hydroxylation sites is 2. The fourth-order valence-electron chi connectivity index (χ4n) is 3.02. The Balaban J connectivity index is 1.50. The number of carbonyl (C=O) groups excluding carboxylic acids is 3. The van der Waals surface area contributed by atoms with Crippen molar-refractivity contribution in [1.82, 2.24) is 0 Å². The molecule has 3 aromatic rings. The highest BCUT2D eigenvalue weighted by molar-refractivity contribution is 6.04. The van der Waals surface area contributed by atoms with Crippen LogP contribution in [-0.2, 0) is 20.7 Å². The summed E-state index contributed by atoms with van der Waals surface area (Å²) < 4.78 is 10.6. The Morgan fingerprint density at radius 3 is 2.26 bits per heavy atom. The van der Waals surface area contributed by atoms with Gasteiger partial charge in [-0.15, -0.1) is 0 Å². The summed E-state index contributed by atoms with van der Waals surface area (Å²) >= 11 is 0. The summed E-state index contributed by atoms with van der Waals surface area (Å²) in [6, 6.07) is 24.0. The molecule has 1 N–H and O–H groups in total. The van der Waals surface area contributed by atoms with Gasteiger partial charge in [0.05, 0.1) is 5.69 Å². The Labute approximate surface area is 180 Å². The molecule has 0 saturated heterocycles. The highest BCUT2D eigenvalue weighted by Gasteiger charge is 2.13. The van der Waals surface area contributed by atoms with E-state index in [2.05, 4.69) is 5.32 Å². The maximum Gasteiger partial charge on any atom is 0.344 e. The normalized spacial score (nSPS) is 10.2. The smallest absolute Gasteiger partial charge is 0.344 e. The number of benzene rings is 3. The van der Waals surface area contributed by atoms with Crippen LogP contribution >= 0.6 is 0 Å². The molecule has 6 heteroatoms. The molecule has 0 bridgehead atoms. The number of hydrogen-bond donors (Lipinski definition) is 1. The molecule has 0 radical (unpaired) electrons. The van der Waals surface area contributed by atoms with E-state index in [1.54, 1.807) is 30.3 Å². The maximum atomic E-state index is 12.1. The highest BCUT2D eigenvalue weighted by Crippen LogP contribution is 2.21. The number of carbonyl (C=O) groups is 3. The van der Waals surface area contributed by atoms with Crippen LogP contribution in [-0.4, -0.2) is 30.9 Å². The summed E-state index contributed by atoms with van der Waals surface area (Å²) in [7, 11) is 0. The molecule has 0 fully saturated rings. The molecule has 0 heterocycles. The molecule has 0 aliphatic rings. The lowest BCUT2D eigenvalue weighted by Crippen LogP contribution is -2.24. The molecule has 0 aliphatic heterocycles. The van der Waals surface area contributed by atoms with Crippen LogP contribution in [0, 0.1) is 0 Å². The van der Waals surface area contributed by atoms with E-state index in [4.69, 9.17) is 9.47 Å². The number of rotatable bonds is 9. The van der Waals surface area contributed by atoms with E-state index >= 15 is 0 Å². The molecule has 0 saturated carbocycles. The summed E-state index contributed by atoms with van der Waals surface area (Å²) in [4.78, 5) is 35.7. The molecule has 6 nitrogen and oxygen atoms in total. The Bertz CT molecular complexity index is 1060. The Kier molecular flexibility index (Phi) is 7.54. The van der Waals surface area contributed by atoms with Gasteiger partial charge in [-0.3, -0.25) is 9.59 Å². The first kappa shape index (κ1) is 21.8. The zero-order valence-corrected chi connectivity index (χ0v) is 17.2. The third-order valence-electron chi connectivity index (χ3n) is 4.50. The van der Waals surface area contributed by atoms with E-state index in [9.17, 15) is 14.4 Å². The number of hydrogen-bond acceptors (Lipinski definition) is 5. The zero-order chi connectivity index (χ0) is 22.1. The van der Waals surface area contributed by atoms with Crippen molar-refractivity contribution in [2.24, 2.45) is 0 Å². The van der Waals surface area contributed by atoms with Crippen LogP contribution < -0.4 is 10.1 Å². The van der Waals surface area contributed by atoms with Gasteiger partial charge in [0.2, 0.25) is 0 Å². The van der Waals surface area contributed by atoms with Crippen LogP contribution in [0.25, 0.3) is 0 Å². The topological polar surface area (TPSA) is 81.7 Å². The first-order chi connectivity index (χ1) is 15.0. The van der Waals surface area contributed by atoms with Crippen molar-refractivity contribution in [2.45, 2.75) is 13.3 Å². The molecule has 0 spiro atoms. The zero-order valence-electron chi connectivity index (χ0n) is 17.2. The van der Waals surface area contributed by atoms with Crippen molar-refractivity contribution >= 4 is 23.3 Å². The van der Waals surface area contributed by atoms with Crippen molar-refractivity contribution in [1.29, 1.82) is 0 Å². The fraction of sp³-hybridized carbons (Fsp3) is 0.160. The monoisotopic (exact) mass is 417 g/mol. The number of nitrogens with one attached hydrogen (secondary N) is 1. The number of ether oxygens (including phenoxy) is 2. The van der Waals surface area contributed by atoms with Crippen molar-refractivity contribution in [3.05, 3.63) is 95.6 Å². The summed E-state index contributed by atoms with van der Waals surface area (Å²) in [5.41, 5.74) is 2.84. The molecule has 3 aromatic carbocycles. The fourth-order valence-corrected chi connectivity index (χ4v) is 3.02. The minimum absolute atomic E-state index is 0.171. The molecule has 158 valence electrons. The van der Waals surface area contributed by atoms with Gasteiger partial charge in [-0.2, -0.15) is 0 Å². The Hall–Kier alpha value is -3.93. The molecule has 3 rings (SSSR count). The lowest BCUT2D eigenvalue weighted by Gasteiger charge is -2.12. The lowest BCUT2D eigenvalue weighted by atomic mass is 10.0. The van der Waals surface area contributed by atoms with Gasteiger partial charge in [0.15, 0.2) is 19.0 Å². The van der Waals surface area contributed by atoms with Crippen LogP contribution in [0.2, 0.25) is 0 Å². The van der Waals surface area contributed by atoms with Crippen molar-refractivity contribution in [3.63, 3.8) is 0 Å². The van der Waals surface area contributed by atoms with Gasteiger partial charge in [-0.25, -0.2) is 4.79 Å². The molecular weight excluding hydrogens is 394 g/mol. The minimum atomic E-state index is -0.662. The summed E-state index contributed by atoms with van der Waals surface area (Å²) in [5, 5.41) is 2.58. The number of esters is 1. The summed E-state index contributed by atoms with van der Waals surface area (Å²) in [5.74, 6) is -0.783. The second kappa shape index (κ2) is 10.7.